The van der Waals surface area contributed by atoms with Crippen LogP contribution in [0.1, 0.15) is 34.5 Å². The summed E-state index contributed by atoms with van der Waals surface area (Å²) >= 11 is 0. The Labute approximate surface area is 141 Å². The lowest BCUT2D eigenvalue weighted by Gasteiger charge is -2.17. The average molecular weight is 316 g/mol. The molecule has 0 saturated heterocycles. The summed E-state index contributed by atoms with van der Waals surface area (Å²) in [5.74, 6) is -0.00372. The first-order valence-electron chi connectivity index (χ1n) is 8.38. The van der Waals surface area contributed by atoms with E-state index >= 15 is 0 Å². The van der Waals surface area contributed by atoms with Gasteiger partial charge in [0.1, 0.15) is 0 Å². The highest BCUT2D eigenvalue weighted by Gasteiger charge is 2.20. The standard InChI is InChI=1S/C21H20N2O/c1-14(16-9-4-7-15-6-2-3-8-17(15)16)23-21(24)19-10-5-11-20-18(19)12-13-22-20/h2-11,14,22H,12-13H2,1H3,(H,23,24)/t14-/m1/s1. The molecular weight excluding hydrogens is 296 g/mol. The van der Waals surface area contributed by atoms with E-state index in [0.29, 0.717) is 0 Å². The van der Waals surface area contributed by atoms with Gasteiger partial charge in [-0.2, -0.15) is 0 Å². The van der Waals surface area contributed by atoms with Gasteiger partial charge in [0.2, 0.25) is 0 Å². The highest BCUT2D eigenvalue weighted by Crippen LogP contribution is 2.27. The molecule has 0 spiro atoms. The fraction of sp³-hybridized carbons (Fsp3) is 0.190. The number of hydrogen-bond donors (Lipinski definition) is 2. The molecule has 1 amide bonds. The minimum Gasteiger partial charge on any atom is -0.384 e. The Morgan fingerprint density at radius 3 is 2.75 bits per heavy atom. The molecule has 0 unspecified atom stereocenters. The first-order chi connectivity index (χ1) is 11.7. The molecule has 1 atom stereocenters. The average Bonchev–Trinajstić information content (AvgIpc) is 3.09. The lowest BCUT2D eigenvalue weighted by atomic mass is 9.98. The zero-order valence-electron chi connectivity index (χ0n) is 13.7. The van der Waals surface area contributed by atoms with Crippen molar-refractivity contribution in [2.24, 2.45) is 0 Å². The zero-order valence-corrected chi connectivity index (χ0v) is 13.7. The molecule has 0 bridgehead atoms. The van der Waals surface area contributed by atoms with Crippen LogP contribution in [0.15, 0.2) is 60.7 Å². The zero-order chi connectivity index (χ0) is 16.5. The van der Waals surface area contributed by atoms with Gasteiger partial charge in [0.15, 0.2) is 0 Å². The predicted molar refractivity (Wildman–Crippen MR) is 98.5 cm³/mol. The maximum atomic E-state index is 12.8. The minimum atomic E-state index is -0.0474. The monoisotopic (exact) mass is 316 g/mol. The first kappa shape index (κ1) is 14.8. The number of hydrogen-bond acceptors (Lipinski definition) is 2. The third kappa shape index (κ3) is 2.52. The van der Waals surface area contributed by atoms with Gasteiger partial charge in [-0.05, 0) is 47.4 Å². The fourth-order valence-corrected chi connectivity index (χ4v) is 3.54. The molecule has 1 aliphatic heterocycles. The second-order valence-electron chi connectivity index (χ2n) is 6.27. The summed E-state index contributed by atoms with van der Waals surface area (Å²) < 4.78 is 0. The molecule has 0 fully saturated rings. The van der Waals surface area contributed by atoms with Gasteiger partial charge in [0.25, 0.3) is 5.91 Å². The number of nitrogens with one attached hydrogen (secondary N) is 2. The Morgan fingerprint density at radius 2 is 1.83 bits per heavy atom. The van der Waals surface area contributed by atoms with Crippen molar-refractivity contribution >= 4 is 22.4 Å². The van der Waals surface area contributed by atoms with Gasteiger partial charge >= 0.3 is 0 Å². The number of benzene rings is 3. The summed E-state index contributed by atoms with van der Waals surface area (Å²) in [6, 6.07) is 20.4. The Kier molecular flexibility index (Phi) is 3.69. The van der Waals surface area contributed by atoms with Crippen LogP contribution in [-0.4, -0.2) is 12.5 Å². The van der Waals surface area contributed by atoms with Gasteiger partial charge in [0, 0.05) is 17.8 Å². The SMILES string of the molecule is C[C@@H](NC(=O)c1cccc2c1CCN2)c1cccc2ccccc12. The molecule has 0 aliphatic carbocycles. The maximum absolute atomic E-state index is 12.8. The maximum Gasteiger partial charge on any atom is 0.252 e. The second kappa shape index (κ2) is 6.00. The van der Waals surface area contributed by atoms with Gasteiger partial charge in [-0.1, -0.05) is 48.5 Å². The predicted octanol–water partition coefficient (Wildman–Crippen LogP) is 4.30. The van der Waals surface area contributed by atoms with Crippen molar-refractivity contribution in [3.05, 3.63) is 77.4 Å². The summed E-state index contributed by atoms with van der Waals surface area (Å²) in [7, 11) is 0. The van der Waals surface area contributed by atoms with Gasteiger partial charge in [-0.25, -0.2) is 0 Å². The number of rotatable bonds is 3. The molecule has 4 rings (SSSR count). The Balaban J connectivity index is 1.63. The van der Waals surface area contributed by atoms with Gasteiger partial charge in [0.05, 0.1) is 6.04 Å². The van der Waals surface area contributed by atoms with Crippen LogP contribution in [0.5, 0.6) is 0 Å². The molecule has 0 aromatic heterocycles. The Bertz CT molecular complexity index is 911. The van der Waals surface area contributed by atoms with E-state index in [1.54, 1.807) is 0 Å². The molecule has 0 saturated carbocycles. The number of carbonyl (C=O) groups excluding carboxylic acids is 1. The fourth-order valence-electron chi connectivity index (χ4n) is 3.54. The summed E-state index contributed by atoms with van der Waals surface area (Å²) in [4.78, 5) is 12.8. The van der Waals surface area contributed by atoms with E-state index in [0.717, 1.165) is 35.3 Å². The normalized spacial score (nSPS) is 14.0. The molecule has 3 aromatic carbocycles. The summed E-state index contributed by atoms with van der Waals surface area (Å²) in [5.41, 5.74) is 4.14. The van der Waals surface area contributed by atoms with Crippen LogP contribution in [-0.2, 0) is 6.42 Å². The summed E-state index contributed by atoms with van der Waals surface area (Å²) in [6.45, 7) is 2.94. The highest BCUT2D eigenvalue weighted by molar-refractivity contribution is 5.98. The number of amides is 1. The number of carbonyl (C=O) groups is 1. The number of fused-ring (bicyclic) bond motifs is 2. The van der Waals surface area contributed by atoms with Crippen LogP contribution in [0, 0.1) is 0 Å². The second-order valence-corrected chi connectivity index (χ2v) is 6.27. The van der Waals surface area contributed by atoms with Crippen LogP contribution in [0.3, 0.4) is 0 Å². The molecule has 3 aromatic rings. The molecule has 1 aliphatic rings. The molecular formula is C21H20N2O. The quantitative estimate of drug-likeness (QED) is 0.756. The van der Waals surface area contributed by atoms with E-state index in [1.807, 2.05) is 43.3 Å². The van der Waals surface area contributed by atoms with Gasteiger partial charge < -0.3 is 10.6 Å². The third-order valence-electron chi connectivity index (χ3n) is 4.75. The van der Waals surface area contributed by atoms with Crippen LogP contribution in [0.2, 0.25) is 0 Å². The van der Waals surface area contributed by atoms with Crippen molar-refractivity contribution in [2.75, 3.05) is 11.9 Å². The van der Waals surface area contributed by atoms with E-state index in [4.69, 9.17) is 0 Å². The number of anilines is 1. The van der Waals surface area contributed by atoms with Crippen LogP contribution >= 0.6 is 0 Å². The largest absolute Gasteiger partial charge is 0.384 e. The highest BCUT2D eigenvalue weighted by atomic mass is 16.1. The van der Waals surface area contributed by atoms with E-state index in [-0.39, 0.29) is 11.9 Å². The molecule has 3 heteroatoms. The Morgan fingerprint density at radius 1 is 1.04 bits per heavy atom. The third-order valence-corrected chi connectivity index (χ3v) is 4.75. The van der Waals surface area contributed by atoms with Gasteiger partial charge in [-0.15, -0.1) is 0 Å². The lowest BCUT2D eigenvalue weighted by molar-refractivity contribution is 0.0939. The van der Waals surface area contributed by atoms with Gasteiger partial charge in [-0.3, -0.25) is 4.79 Å². The molecule has 2 N–H and O–H groups in total. The summed E-state index contributed by atoms with van der Waals surface area (Å²) in [6.07, 6.45) is 0.904. The van der Waals surface area contributed by atoms with Crippen LogP contribution < -0.4 is 10.6 Å². The van der Waals surface area contributed by atoms with E-state index < -0.39 is 0 Å². The van der Waals surface area contributed by atoms with E-state index in [1.165, 1.54) is 10.8 Å². The van der Waals surface area contributed by atoms with Crippen molar-refractivity contribution in [1.29, 1.82) is 0 Å². The molecule has 0 radical (unpaired) electrons. The lowest BCUT2D eigenvalue weighted by Crippen LogP contribution is -2.27. The minimum absolute atomic E-state index is 0.00372. The first-order valence-corrected chi connectivity index (χ1v) is 8.38. The van der Waals surface area contributed by atoms with Crippen molar-refractivity contribution in [2.45, 2.75) is 19.4 Å². The van der Waals surface area contributed by atoms with Crippen LogP contribution in [0.25, 0.3) is 10.8 Å². The van der Waals surface area contributed by atoms with E-state index in [2.05, 4.69) is 34.9 Å². The molecule has 24 heavy (non-hydrogen) atoms. The topological polar surface area (TPSA) is 41.1 Å². The van der Waals surface area contributed by atoms with E-state index in [9.17, 15) is 4.79 Å². The molecule has 120 valence electrons. The van der Waals surface area contributed by atoms with Crippen LogP contribution in [0.4, 0.5) is 5.69 Å². The van der Waals surface area contributed by atoms with Crippen molar-refractivity contribution in [3.63, 3.8) is 0 Å². The Hall–Kier alpha value is -2.81. The van der Waals surface area contributed by atoms with Crippen molar-refractivity contribution < 1.29 is 4.79 Å². The van der Waals surface area contributed by atoms with Crippen molar-refractivity contribution in [1.82, 2.24) is 5.32 Å². The molecule has 3 nitrogen and oxygen atoms in total. The van der Waals surface area contributed by atoms with Crippen molar-refractivity contribution in [3.8, 4) is 0 Å². The summed E-state index contributed by atoms with van der Waals surface area (Å²) in [5, 5.41) is 8.88. The smallest absolute Gasteiger partial charge is 0.252 e. The molecule has 1 heterocycles.